The van der Waals surface area contributed by atoms with E-state index in [1.807, 2.05) is 0 Å². The molecule has 0 saturated heterocycles. The standard InChI is InChI=1S/C8H8O4S/c9-7(10)3-6(8(11)12)5-1-2-13-4-5/h1-2,4,6H,3H2,(H,9,10)(H,11,12)/t6-/m0/s1. The summed E-state index contributed by atoms with van der Waals surface area (Å²) in [7, 11) is 0. The molecule has 0 bridgehead atoms. The average molecular weight is 200 g/mol. The Balaban J connectivity index is 2.81. The molecular formula is C8H8O4S. The summed E-state index contributed by atoms with van der Waals surface area (Å²) in [6, 6.07) is 1.63. The van der Waals surface area contributed by atoms with Gasteiger partial charge in [0.1, 0.15) is 0 Å². The van der Waals surface area contributed by atoms with Crippen molar-refractivity contribution >= 4 is 23.3 Å². The summed E-state index contributed by atoms with van der Waals surface area (Å²) < 4.78 is 0. The highest BCUT2D eigenvalue weighted by molar-refractivity contribution is 7.08. The lowest BCUT2D eigenvalue weighted by atomic mass is 9.99. The highest BCUT2D eigenvalue weighted by Gasteiger charge is 2.22. The highest BCUT2D eigenvalue weighted by atomic mass is 32.1. The van der Waals surface area contributed by atoms with E-state index in [1.165, 1.54) is 11.3 Å². The minimum absolute atomic E-state index is 0.369. The second kappa shape index (κ2) is 4.04. The first-order chi connectivity index (χ1) is 6.11. The van der Waals surface area contributed by atoms with Gasteiger partial charge in [0, 0.05) is 0 Å². The summed E-state index contributed by atoms with van der Waals surface area (Å²) >= 11 is 1.36. The molecule has 2 N–H and O–H groups in total. The molecule has 13 heavy (non-hydrogen) atoms. The van der Waals surface area contributed by atoms with Crippen molar-refractivity contribution in [3.05, 3.63) is 22.4 Å². The molecule has 0 saturated carbocycles. The second-order valence-corrected chi connectivity index (χ2v) is 3.33. The van der Waals surface area contributed by atoms with Crippen LogP contribution in [-0.4, -0.2) is 22.2 Å². The topological polar surface area (TPSA) is 74.6 Å². The van der Waals surface area contributed by atoms with Crippen LogP contribution in [0.25, 0.3) is 0 Å². The van der Waals surface area contributed by atoms with Crippen molar-refractivity contribution in [2.24, 2.45) is 0 Å². The first-order valence-electron chi connectivity index (χ1n) is 3.58. The fourth-order valence-electron chi connectivity index (χ4n) is 0.996. The van der Waals surface area contributed by atoms with Crippen LogP contribution in [0.5, 0.6) is 0 Å². The lowest BCUT2D eigenvalue weighted by molar-refractivity contribution is -0.145. The maximum Gasteiger partial charge on any atom is 0.311 e. The summed E-state index contributed by atoms with van der Waals surface area (Å²) in [5.41, 5.74) is 0.555. The smallest absolute Gasteiger partial charge is 0.311 e. The average Bonchev–Trinajstić information content (AvgIpc) is 2.50. The van der Waals surface area contributed by atoms with Gasteiger partial charge in [-0.2, -0.15) is 11.3 Å². The first kappa shape index (κ1) is 9.73. The van der Waals surface area contributed by atoms with Gasteiger partial charge in [-0.05, 0) is 22.4 Å². The van der Waals surface area contributed by atoms with Crippen LogP contribution >= 0.6 is 11.3 Å². The maximum absolute atomic E-state index is 10.7. The Morgan fingerprint density at radius 1 is 1.46 bits per heavy atom. The Bertz CT molecular complexity index is 304. The minimum Gasteiger partial charge on any atom is -0.481 e. The number of hydrogen-bond donors (Lipinski definition) is 2. The third-order valence-electron chi connectivity index (χ3n) is 1.62. The molecule has 0 aromatic carbocycles. The van der Waals surface area contributed by atoms with Crippen molar-refractivity contribution in [2.45, 2.75) is 12.3 Å². The molecule has 1 atom stereocenters. The van der Waals surface area contributed by atoms with E-state index in [0.717, 1.165) is 0 Å². The molecule has 1 heterocycles. The van der Waals surface area contributed by atoms with E-state index in [1.54, 1.807) is 16.8 Å². The van der Waals surface area contributed by atoms with E-state index >= 15 is 0 Å². The molecule has 0 aliphatic carbocycles. The number of hydrogen-bond acceptors (Lipinski definition) is 3. The summed E-state index contributed by atoms with van der Waals surface area (Å²) in [6.45, 7) is 0. The van der Waals surface area contributed by atoms with Crippen LogP contribution in [0, 0.1) is 0 Å². The summed E-state index contributed by atoms with van der Waals surface area (Å²) in [5, 5.41) is 20.6. The van der Waals surface area contributed by atoms with E-state index in [-0.39, 0.29) is 6.42 Å². The molecule has 0 amide bonds. The lowest BCUT2D eigenvalue weighted by Crippen LogP contribution is -2.15. The first-order valence-corrected chi connectivity index (χ1v) is 4.52. The Morgan fingerprint density at radius 2 is 2.15 bits per heavy atom. The van der Waals surface area contributed by atoms with E-state index in [2.05, 4.69) is 0 Å². The SMILES string of the molecule is O=C(O)C[C@H](C(=O)O)c1ccsc1. The van der Waals surface area contributed by atoms with E-state index in [9.17, 15) is 9.59 Å². The second-order valence-electron chi connectivity index (χ2n) is 2.55. The van der Waals surface area contributed by atoms with Crippen molar-refractivity contribution in [3.63, 3.8) is 0 Å². The van der Waals surface area contributed by atoms with Crippen molar-refractivity contribution in [1.82, 2.24) is 0 Å². The Hall–Kier alpha value is -1.36. The number of carboxylic acids is 2. The van der Waals surface area contributed by atoms with Gasteiger partial charge >= 0.3 is 11.9 Å². The molecule has 0 aliphatic rings. The van der Waals surface area contributed by atoms with Gasteiger partial charge in [-0.25, -0.2) is 0 Å². The van der Waals surface area contributed by atoms with E-state index in [0.29, 0.717) is 5.56 Å². The molecule has 0 radical (unpaired) electrons. The molecule has 1 rings (SSSR count). The van der Waals surface area contributed by atoms with Gasteiger partial charge in [-0.3, -0.25) is 9.59 Å². The van der Waals surface area contributed by atoms with Crippen LogP contribution in [-0.2, 0) is 9.59 Å². The molecule has 5 heteroatoms. The summed E-state index contributed by atoms with van der Waals surface area (Å²) in [5.74, 6) is -3.12. The van der Waals surface area contributed by atoms with Crippen LogP contribution in [0.4, 0.5) is 0 Å². The molecule has 4 nitrogen and oxygen atoms in total. The number of thiophene rings is 1. The zero-order valence-electron chi connectivity index (χ0n) is 6.64. The molecule has 1 aromatic rings. The third-order valence-corrected chi connectivity index (χ3v) is 2.32. The molecule has 70 valence electrons. The van der Waals surface area contributed by atoms with Gasteiger partial charge in [0.15, 0.2) is 0 Å². The number of rotatable bonds is 4. The monoisotopic (exact) mass is 200 g/mol. The van der Waals surface area contributed by atoms with Crippen LogP contribution in [0.3, 0.4) is 0 Å². The summed E-state index contributed by atoms with van der Waals surface area (Å²) in [6.07, 6.45) is -0.369. The van der Waals surface area contributed by atoms with E-state index in [4.69, 9.17) is 10.2 Å². The van der Waals surface area contributed by atoms with Crippen LogP contribution in [0.15, 0.2) is 16.8 Å². The molecule has 0 spiro atoms. The van der Waals surface area contributed by atoms with Crippen molar-refractivity contribution in [3.8, 4) is 0 Å². The van der Waals surface area contributed by atoms with Gasteiger partial charge in [-0.1, -0.05) is 0 Å². The molecule has 1 aromatic heterocycles. The maximum atomic E-state index is 10.7. The predicted molar refractivity (Wildman–Crippen MR) is 46.9 cm³/mol. The highest BCUT2D eigenvalue weighted by Crippen LogP contribution is 2.22. The Labute approximate surface area is 78.4 Å². The molecule has 0 unspecified atom stereocenters. The van der Waals surface area contributed by atoms with Gasteiger partial charge in [0.2, 0.25) is 0 Å². The van der Waals surface area contributed by atoms with Gasteiger partial charge in [-0.15, -0.1) is 0 Å². The predicted octanol–water partition coefficient (Wildman–Crippen LogP) is 1.39. The number of aliphatic carboxylic acids is 2. The summed E-state index contributed by atoms with van der Waals surface area (Å²) in [4.78, 5) is 21.0. The zero-order valence-corrected chi connectivity index (χ0v) is 7.45. The van der Waals surface area contributed by atoms with Crippen LogP contribution in [0.2, 0.25) is 0 Å². The quantitative estimate of drug-likeness (QED) is 0.770. The minimum atomic E-state index is -1.10. The van der Waals surface area contributed by atoms with Crippen LogP contribution in [0.1, 0.15) is 17.9 Å². The Kier molecular flexibility index (Phi) is 3.02. The van der Waals surface area contributed by atoms with E-state index < -0.39 is 17.9 Å². The number of carbonyl (C=O) groups is 2. The largest absolute Gasteiger partial charge is 0.481 e. The van der Waals surface area contributed by atoms with Gasteiger partial charge in [0.05, 0.1) is 12.3 Å². The Morgan fingerprint density at radius 3 is 2.54 bits per heavy atom. The molecule has 0 fully saturated rings. The van der Waals surface area contributed by atoms with Gasteiger partial charge < -0.3 is 10.2 Å². The van der Waals surface area contributed by atoms with Gasteiger partial charge in [0.25, 0.3) is 0 Å². The van der Waals surface area contributed by atoms with Crippen molar-refractivity contribution < 1.29 is 19.8 Å². The molecular weight excluding hydrogens is 192 g/mol. The fourth-order valence-corrected chi connectivity index (χ4v) is 1.71. The fraction of sp³-hybridized carbons (Fsp3) is 0.250. The normalized spacial score (nSPS) is 12.3. The third kappa shape index (κ3) is 2.55. The van der Waals surface area contributed by atoms with Crippen molar-refractivity contribution in [1.29, 1.82) is 0 Å². The van der Waals surface area contributed by atoms with Crippen LogP contribution < -0.4 is 0 Å². The lowest BCUT2D eigenvalue weighted by Gasteiger charge is -2.06. The number of carboxylic acid groups (broad SMARTS) is 2. The zero-order chi connectivity index (χ0) is 9.84. The molecule has 0 aliphatic heterocycles. The van der Waals surface area contributed by atoms with Crippen molar-refractivity contribution in [2.75, 3.05) is 0 Å².